The maximum Gasteiger partial charge on any atom is 0.264 e. The van der Waals surface area contributed by atoms with E-state index in [-0.39, 0.29) is 10.8 Å². The summed E-state index contributed by atoms with van der Waals surface area (Å²) in [6.07, 6.45) is 0.971. The number of rotatable bonds is 6. The number of hydrogen-bond acceptors (Lipinski definition) is 5. The Morgan fingerprint density at radius 2 is 1.79 bits per heavy atom. The lowest BCUT2D eigenvalue weighted by Crippen LogP contribution is -2.14. The van der Waals surface area contributed by atoms with Gasteiger partial charge in [-0.2, -0.15) is 0 Å². The molecule has 0 aliphatic carbocycles. The van der Waals surface area contributed by atoms with Crippen molar-refractivity contribution in [3.63, 3.8) is 0 Å². The standard InChI is InChI=1S/C21H25N3O3S/c1-13(2)11-16-5-7-17(8-6-16)19-10-9-18(22)12-20(19)28(25,26)24-21-14(3)15(4)23-27-21/h5-10,12-13,24H,11,22H2,1-4H3. The maximum atomic E-state index is 13.1. The van der Waals surface area contributed by atoms with Crippen LogP contribution in [0, 0.1) is 19.8 Å². The molecule has 0 bridgehead atoms. The number of sulfonamides is 1. The lowest BCUT2D eigenvalue weighted by Gasteiger charge is -2.13. The summed E-state index contributed by atoms with van der Waals surface area (Å²) < 4.78 is 33.7. The van der Waals surface area contributed by atoms with Crippen molar-refractivity contribution in [2.75, 3.05) is 10.5 Å². The average Bonchev–Trinajstić information content (AvgIpc) is 2.93. The molecule has 3 aromatic rings. The minimum atomic E-state index is -3.92. The minimum Gasteiger partial charge on any atom is -0.399 e. The van der Waals surface area contributed by atoms with Crippen LogP contribution in [0.15, 0.2) is 51.9 Å². The zero-order chi connectivity index (χ0) is 20.5. The fourth-order valence-electron chi connectivity index (χ4n) is 2.98. The first-order valence-corrected chi connectivity index (χ1v) is 10.6. The zero-order valence-corrected chi connectivity index (χ0v) is 17.3. The van der Waals surface area contributed by atoms with Crippen LogP contribution in [-0.4, -0.2) is 13.6 Å². The van der Waals surface area contributed by atoms with E-state index in [1.165, 1.54) is 11.6 Å². The van der Waals surface area contributed by atoms with Gasteiger partial charge >= 0.3 is 0 Å². The Bertz CT molecular complexity index is 1080. The maximum absolute atomic E-state index is 13.1. The van der Waals surface area contributed by atoms with Gasteiger partial charge in [0.1, 0.15) is 0 Å². The molecule has 0 saturated carbocycles. The first-order valence-electron chi connectivity index (χ1n) is 9.12. The molecule has 0 saturated heterocycles. The molecule has 3 rings (SSSR count). The van der Waals surface area contributed by atoms with Gasteiger partial charge in [0.25, 0.3) is 10.0 Å². The molecule has 0 unspecified atom stereocenters. The molecule has 0 aliphatic rings. The van der Waals surface area contributed by atoms with E-state index < -0.39 is 10.0 Å². The van der Waals surface area contributed by atoms with E-state index in [9.17, 15) is 8.42 Å². The number of anilines is 2. The fourth-order valence-corrected chi connectivity index (χ4v) is 4.29. The number of nitrogen functional groups attached to an aromatic ring is 1. The topological polar surface area (TPSA) is 98.2 Å². The van der Waals surface area contributed by atoms with E-state index in [2.05, 4.69) is 23.7 Å². The Morgan fingerprint density at radius 1 is 1.11 bits per heavy atom. The predicted molar refractivity (Wildman–Crippen MR) is 112 cm³/mol. The predicted octanol–water partition coefficient (Wildman–Crippen LogP) is 4.54. The van der Waals surface area contributed by atoms with Crippen LogP contribution in [0.25, 0.3) is 11.1 Å². The van der Waals surface area contributed by atoms with Gasteiger partial charge in [-0.1, -0.05) is 49.3 Å². The highest BCUT2D eigenvalue weighted by Gasteiger charge is 2.23. The Morgan fingerprint density at radius 3 is 2.36 bits per heavy atom. The van der Waals surface area contributed by atoms with Crippen LogP contribution < -0.4 is 10.5 Å². The Balaban J connectivity index is 2.02. The van der Waals surface area contributed by atoms with E-state index in [1.54, 1.807) is 26.0 Å². The zero-order valence-electron chi connectivity index (χ0n) is 16.5. The number of nitrogens with one attached hydrogen (secondary N) is 1. The normalized spacial score (nSPS) is 11.8. The molecule has 0 aliphatic heterocycles. The summed E-state index contributed by atoms with van der Waals surface area (Å²) in [6.45, 7) is 7.83. The van der Waals surface area contributed by atoms with Crippen LogP contribution in [0.4, 0.5) is 11.6 Å². The minimum absolute atomic E-state index is 0.0950. The van der Waals surface area contributed by atoms with E-state index >= 15 is 0 Å². The smallest absolute Gasteiger partial charge is 0.264 e. The van der Waals surface area contributed by atoms with Crippen molar-refractivity contribution < 1.29 is 12.9 Å². The van der Waals surface area contributed by atoms with Crippen molar-refractivity contribution in [1.82, 2.24) is 5.16 Å². The Hall–Kier alpha value is -2.80. The second kappa shape index (κ2) is 7.67. The highest BCUT2D eigenvalue weighted by atomic mass is 32.2. The second-order valence-corrected chi connectivity index (χ2v) is 9.03. The lowest BCUT2D eigenvalue weighted by molar-refractivity contribution is 0.430. The molecule has 3 N–H and O–H groups in total. The summed E-state index contributed by atoms with van der Waals surface area (Å²) in [7, 11) is -3.92. The lowest BCUT2D eigenvalue weighted by atomic mass is 9.99. The summed E-state index contributed by atoms with van der Waals surface area (Å²) in [6, 6.07) is 12.8. The van der Waals surface area contributed by atoms with E-state index in [1.807, 2.05) is 24.3 Å². The van der Waals surface area contributed by atoms with Gasteiger partial charge < -0.3 is 10.3 Å². The van der Waals surface area contributed by atoms with E-state index in [4.69, 9.17) is 10.3 Å². The fraction of sp³-hybridized carbons (Fsp3) is 0.286. The number of aryl methyl sites for hydroxylation is 1. The van der Waals surface area contributed by atoms with Crippen molar-refractivity contribution in [1.29, 1.82) is 0 Å². The summed E-state index contributed by atoms with van der Waals surface area (Å²) in [5, 5.41) is 3.80. The summed E-state index contributed by atoms with van der Waals surface area (Å²) in [4.78, 5) is 0.0950. The summed E-state index contributed by atoms with van der Waals surface area (Å²) in [5.41, 5.74) is 10.1. The van der Waals surface area contributed by atoms with E-state index in [0.29, 0.717) is 28.4 Å². The molecule has 1 heterocycles. The third kappa shape index (κ3) is 4.20. The average molecular weight is 400 g/mol. The van der Waals surface area contributed by atoms with Gasteiger partial charge in [0.15, 0.2) is 0 Å². The summed E-state index contributed by atoms with van der Waals surface area (Å²) >= 11 is 0. The molecule has 1 aromatic heterocycles. The summed E-state index contributed by atoms with van der Waals surface area (Å²) in [5.74, 6) is 0.661. The third-order valence-corrected chi connectivity index (χ3v) is 5.96. The Kier molecular flexibility index (Phi) is 5.47. The van der Waals surface area contributed by atoms with Crippen molar-refractivity contribution in [2.24, 2.45) is 5.92 Å². The highest BCUT2D eigenvalue weighted by molar-refractivity contribution is 7.92. The van der Waals surface area contributed by atoms with Gasteiger partial charge in [0.2, 0.25) is 5.88 Å². The van der Waals surface area contributed by atoms with Crippen LogP contribution in [0.1, 0.15) is 30.7 Å². The van der Waals surface area contributed by atoms with Crippen molar-refractivity contribution in [3.8, 4) is 11.1 Å². The number of aromatic nitrogens is 1. The monoisotopic (exact) mass is 399 g/mol. The molecule has 0 amide bonds. The van der Waals surface area contributed by atoms with Crippen molar-refractivity contribution in [2.45, 2.75) is 39.0 Å². The molecule has 0 spiro atoms. The Labute approximate surface area is 165 Å². The number of nitrogens with zero attached hydrogens (tertiary/aromatic N) is 1. The molecule has 0 radical (unpaired) electrons. The number of benzene rings is 2. The molecule has 28 heavy (non-hydrogen) atoms. The van der Waals surface area contributed by atoms with Crippen molar-refractivity contribution >= 4 is 21.6 Å². The van der Waals surface area contributed by atoms with E-state index in [0.717, 1.165) is 12.0 Å². The molecule has 148 valence electrons. The molecule has 6 nitrogen and oxygen atoms in total. The largest absolute Gasteiger partial charge is 0.399 e. The van der Waals surface area contributed by atoms with Gasteiger partial charge in [-0.15, -0.1) is 0 Å². The van der Waals surface area contributed by atoms with Gasteiger partial charge in [-0.25, -0.2) is 13.1 Å². The van der Waals surface area contributed by atoms with Gasteiger partial charge in [-0.3, -0.25) is 0 Å². The molecule has 0 atom stereocenters. The third-order valence-electron chi connectivity index (χ3n) is 4.59. The van der Waals surface area contributed by atoms with Crippen LogP contribution in [-0.2, 0) is 16.4 Å². The molecule has 0 fully saturated rings. The van der Waals surface area contributed by atoms with Crippen molar-refractivity contribution in [3.05, 3.63) is 59.3 Å². The second-order valence-electron chi connectivity index (χ2n) is 7.38. The van der Waals surface area contributed by atoms with Gasteiger partial charge in [0, 0.05) is 16.8 Å². The van der Waals surface area contributed by atoms with Crippen LogP contribution in [0.3, 0.4) is 0 Å². The van der Waals surface area contributed by atoms with Crippen LogP contribution in [0.5, 0.6) is 0 Å². The molecular formula is C21H25N3O3S. The number of nitrogens with two attached hydrogens (primary N) is 1. The first kappa shape index (κ1) is 19.9. The molecule has 7 heteroatoms. The van der Waals surface area contributed by atoms with Gasteiger partial charge in [-0.05, 0) is 49.4 Å². The molecule has 2 aromatic carbocycles. The molecular weight excluding hydrogens is 374 g/mol. The quantitative estimate of drug-likeness (QED) is 0.593. The van der Waals surface area contributed by atoms with Gasteiger partial charge in [0.05, 0.1) is 10.6 Å². The van der Waals surface area contributed by atoms with Crippen LogP contribution >= 0.6 is 0 Å². The van der Waals surface area contributed by atoms with Crippen LogP contribution in [0.2, 0.25) is 0 Å². The number of hydrogen-bond donors (Lipinski definition) is 2. The highest BCUT2D eigenvalue weighted by Crippen LogP contribution is 2.32. The SMILES string of the molecule is Cc1noc(NS(=O)(=O)c2cc(N)ccc2-c2ccc(CC(C)C)cc2)c1C. The first-order chi connectivity index (χ1) is 13.2.